The molecule has 0 spiro atoms. The van der Waals surface area contributed by atoms with Crippen molar-refractivity contribution in [3.8, 4) is 67.5 Å². The number of aromatic nitrogens is 3. The molecule has 0 amide bonds. The summed E-state index contributed by atoms with van der Waals surface area (Å²) in [6, 6.07) is 67.2. The molecule has 0 saturated heterocycles. The Labute approximate surface area is 332 Å². The summed E-state index contributed by atoms with van der Waals surface area (Å²) < 4.78 is 0. The summed E-state index contributed by atoms with van der Waals surface area (Å²) in [4.78, 5) is 16.0. The Morgan fingerprint density at radius 3 is 1.74 bits per heavy atom. The Bertz CT molecular complexity index is 3200. The average molecular weight is 728 g/mol. The van der Waals surface area contributed by atoms with Crippen LogP contribution in [0.1, 0.15) is 25.0 Å². The summed E-state index contributed by atoms with van der Waals surface area (Å²) in [6.07, 6.45) is 0. The quantitative estimate of drug-likeness (QED) is 0.131. The fourth-order valence-corrected chi connectivity index (χ4v) is 9.04. The monoisotopic (exact) mass is 727 g/mol. The van der Waals surface area contributed by atoms with Gasteiger partial charge in [0.25, 0.3) is 0 Å². The van der Waals surface area contributed by atoms with E-state index in [1.165, 1.54) is 44.0 Å². The van der Waals surface area contributed by atoms with Crippen LogP contribution in [0.15, 0.2) is 188 Å². The van der Waals surface area contributed by atoms with Crippen LogP contribution in [0.2, 0.25) is 0 Å². The molecule has 10 aromatic rings. The van der Waals surface area contributed by atoms with E-state index in [2.05, 4.69) is 196 Å². The van der Waals surface area contributed by atoms with Gasteiger partial charge in [-0.2, -0.15) is 0 Å². The molecule has 0 fully saturated rings. The maximum atomic E-state index is 5.37. The molecule has 9 aromatic carbocycles. The zero-order chi connectivity index (χ0) is 38.1. The predicted octanol–water partition coefficient (Wildman–Crippen LogP) is 14.0. The summed E-state index contributed by atoms with van der Waals surface area (Å²) >= 11 is 0. The Hall–Kier alpha value is -7.23. The normalized spacial score (nSPS) is 12.9. The molecule has 0 saturated carbocycles. The number of benzene rings is 9. The molecule has 1 aliphatic rings. The van der Waals surface area contributed by atoms with Crippen LogP contribution in [0, 0.1) is 0 Å². The first-order valence-corrected chi connectivity index (χ1v) is 19.6. The molecular weight excluding hydrogens is 691 g/mol. The van der Waals surface area contributed by atoms with Gasteiger partial charge in [0, 0.05) is 22.1 Å². The van der Waals surface area contributed by atoms with Gasteiger partial charge in [-0.3, -0.25) is 0 Å². The van der Waals surface area contributed by atoms with Crippen LogP contribution in [0.3, 0.4) is 0 Å². The van der Waals surface area contributed by atoms with Crippen LogP contribution >= 0.6 is 0 Å². The number of nitrogens with zero attached hydrogens (tertiary/aromatic N) is 3. The van der Waals surface area contributed by atoms with Crippen molar-refractivity contribution in [3.63, 3.8) is 0 Å². The molecule has 3 heteroatoms. The first-order chi connectivity index (χ1) is 28.0. The van der Waals surface area contributed by atoms with Crippen molar-refractivity contribution in [2.45, 2.75) is 19.3 Å². The molecule has 0 unspecified atom stereocenters. The summed E-state index contributed by atoms with van der Waals surface area (Å²) in [6.45, 7) is 4.66. The van der Waals surface area contributed by atoms with E-state index in [0.29, 0.717) is 17.5 Å². The first kappa shape index (κ1) is 33.1. The third-order valence-corrected chi connectivity index (χ3v) is 11.9. The summed E-state index contributed by atoms with van der Waals surface area (Å²) in [5.41, 5.74) is 12.8. The molecule has 1 aromatic heterocycles. The lowest BCUT2D eigenvalue weighted by Gasteiger charge is -2.22. The Morgan fingerprint density at radius 2 is 0.912 bits per heavy atom. The molecule has 0 N–H and O–H groups in total. The largest absolute Gasteiger partial charge is 0.208 e. The molecule has 11 rings (SSSR count). The SMILES string of the molecule is CC1(C)c2ccccc2-c2ccc(-c3ccc(-c4nc(-c5ccccc5-c5ccccc5)nc(-c5c6ccccc6cc6c5ccc5ccccc56)n4)cc3)cc21. The van der Waals surface area contributed by atoms with Crippen molar-refractivity contribution in [2.75, 3.05) is 0 Å². The van der Waals surface area contributed by atoms with Crippen LogP contribution < -0.4 is 0 Å². The Kier molecular flexibility index (Phi) is 7.52. The molecule has 0 aliphatic heterocycles. The van der Waals surface area contributed by atoms with Gasteiger partial charge in [-0.1, -0.05) is 190 Å². The van der Waals surface area contributed by atoms with Gasteiger partial charge >= 0.3 is 0 Å². The molecule has 0 atom stereocenters. The van der Waals surface area contributed by atoms with Crippen molar-refractivity contribution in [1.82, 2.24) is 15.0 Å². The Morgan fingerprint density at radius 1 is 0.316 bits per heavy atom. The van der Waals surface area contributed by atoms with Gasteiger partial charge in [-0.25, -0.2) is 15.0 Å². The lowest BCUT2D eigenvalue weighted by Crippen LogP contribution is -2.14. The van der Waals surface area contributed by atoms with Gasteiger partial charge in [0.05, 0.1) is 0 Å². The highest BCUT2D eigenvalue weighted by molar-refractivity contribution is 6.19. The standard InChI is InChI=1S/C54H37N3/c1-54(2)48-23-13-12-21-43(48)44-30-29-38(33-49(44)54)34-24-26-37(27-25-34)51-55-52(46-22-11-10-18-40(46)35-14-4-3-5-15-35)57-53(56-51)50-42-20-9-7-17-39(42)32-47-41-19-8-6-16-36(41)28-31-45(47)50/h3-33H,1-2H3. The van der Waals surface area contributed by atoms with Gasteiger partial charge in [0.1, 0.15) is 0 Å². The van der Waals surface area contributed by atoms with E-state index in [1.807, 2.05) is 6.07 Å². The topological polar surface area (TPSA) is 38.7 Å². The van der Waals surface area contributed by atoms with E-state index in [0.717, 1.165) is 49.5 Å². The fraction of sp³-hybridized carbons (Fsp3) is 0.0556. The van der Waals surface area contributed by atoms with E-state index in [9.17, 15) is 0 Å². The summed E-state index contributed by atoms with van der Waals surface area (Å²) in [7, 11) is 0. The van der Waals surface area contributed by atoms with Crippen molar-refractivity contribution < 1.29 is 0 Å². The van der Waals surface area contributed by atoms with Gasteiger partial charge < -0.3 is 0 Å². The van der Waals surface area contributed by atoms with Gasteiger partial charge in [0.2, 0.25) is 0 Å². The maximum Gasteiger partial charge on any atom is 0.165 e. The Balaban J connectivity index is 1.10. The molecular formula is C54H37N3. The lowest BCUT2D eigenvalue weighted by atomic mass is 9.81. The van der Waals surface area contributed by atoms with E-state index < -0.39 is 0 Å². The molecule has 3 nitrogen and oxygen atoms in total. The molecule has 268 valence electrons. The molecule has 57 heavy (non-hydrogen) atoms. The number of hydrogen-bond acceptors (Lipinski definition) is 3. The smallest absolute Gasteiger partial charge is 0.165 e. The highest BCUT2D eigenvalue weighted by atomic mass is 15.0. The third kappa shape index (κ3) is 5.38. The highest BCUT2D eigenvalue weighted by Crippen LogP contribution is 2.49. The maximum absolute atomic E-state index is 5.37. The molecule has 1 aliphatic carbocycles. The predicted molar refractivity (Wildman–Crippen MR) is 237 cm³/mol. The van der Waals surface area contributed by atoms with E-state index in [4.69, 9.17) is 15.0 Å². The van der Waals surface area contributed by atoms with E-state index in [1.54, 1.807) is 0 Å². The summed E-state index contributed by atoms with van der Waals surface area (Å²) in [5.74, 6) is 1.93. The van der Waals surface area contributed by atoms with Gasteiger partial charge in [-0.15, -0.1) is 0 Å². The van der Waals surface area contributed by atoms with Crippen molar-refractivity contribution in [3.05, 3.63) is 199 Å². The molecule has 1 heterocycles. The van der Waals surface area contributed by atoms with Crippen LogP contribution in [0.25, 0.3) is 99.9 Å². The van der Waals surface area contributed by atoms with Crippen molar-refractivity contribution >= 4 is 32.3 Å². The number of rotatable bonds is 5. The van der Waals surface area contributed by atoms with Gasteiger partial charge in [-0.05, 0) is 89.0 Å². The first-order valence-electron chi connectivity index (χ1n) is 19.6. The van der Waals surface area contributed by atoms with Gasteiger partial charge in [0.15, 0.2) is 17.5 Å². The minimum absolute atomic E-state index is 0.0618. The van der Waals surface area contributed by atoms with E-state index >= 15 is 0 Å². The van der Waals surface area contributed by atoms with Crippen LogP contribution in [-0.2, 0) is 5.41 Å². The van der Waals surface area contributed by atoms with Crippen molar-refractivity contribution in [2.24, 2.45) is 0 Å². The number of hydrogen-bond donors (Lipinski definition) is 0. The van der Waals surface area contributed by atoms with Crippen LogP contribution in [0.4, 0.5) is 0 Å². The van der Waals surface area contributed by atoms with Crippen LogP contribution in [-0.4, -0.2) is 15.0 Å². The number of fused-ring (bicyclic) bond motifs is 7. The second-order valence-corrected chi connectivity index (χ2v) is 15.6. The minimum Gasteiger partial charge on any atom is -0.208 e. The highest BCUT2D eigenvalue weighted by Gasteiger charge is 2.35. The van der Waals surface area contributed by atoms with E-state index in [-0.39, 0.29) is 5.41 Å². The lowest BCUT2D eigenvalue weighted by molar-refractivity contribution is 0.660. The second kappa shape index (κ2) is 12.9. The zero-order valence-corrected chi connectivity index (χ0v) is 31.7. The zero-order valence-electron chi connectivity index (χ0n) is 31.7. The fourth-order valence-electron chi connectivity index (χ4n) is 9.04. The van der Waals surface area contributed by atoms with Crippen molar-refractivity contribution in [1.29, 1.82) is 0 Å². The third-order valence-electron chi connectivity index (χ3n) is 11.9. The summed E-state index contributed by atoms with van der Waals surface area (Å²) in [5, 5.41) is 6.96. The second-order valence-electron chi connectivity index (χ2n) is 15.6. The minimum atomic E-state index is -0.0618. The average Bonchev–Trinajstić information content (AvgIpc) is 3.51. The van der Waals surface area contributed by atoms with Crippen LogP contribution in [0.5, 0.6) is 0 Å². The molecule has 0 radical (unpaired) electrons. The molecule has 0 bridgehead atoms.